The van der Waals surface area contributed by atoms with E-state index in [0.29, 0.717) is 10.8 Å². The van der Waals surface area contributed by atoms with Gasteiger partial charge in [-0.2, -0.15) is 5.10 Å². The van der Waals surface area contributed by atoms with Gasteiger partial charge in [-0.25, -0.2) is 8.42 Å². The minimum atomic E-state index is -3.12. The number of nitrogens with zero attached hydrogens (tertiary/aromatic N) is 3. The van der Waals surface area contributed by atoms with Gasteiger partial charge in [-0.15, -0.1) is 0 Å². The summed E-state index contributed by atoms with van der Waals surface area (Å²) in [5.41, 5.74) is 1.07. The topological polar surface area (TPSA) is 55.2 Å². The largest absolute Gasteiger partial charge is 0.371 e. The minimum absolute atomic E-state index is 0.365. The maximum Gasteiger partial charge on any atom is 0.175 e. The zero-order valence-corrected chi connectivity index (χ0v) is 14.0. The highest BCUT2D eigenvalue weighted by atomic mass is 79.9. The zero-order chi connectivity index (χ0) is 15.0. The van der Waals surface area contributed by atoms with E-state index >= 15 is 0 Å². The molecule has 1 fully saturated rings. The molecule has 0 unspecified atom stereocenters. The molecule has 2 heterocycles. The summed E-state index contributed by atoms with van der Waals surface area (Å²) >= 11 is 3.39. The van der Waals surface area contributed by atoms with Crippen LogP contribution in [0.25, 0.3) is 0 Å². The monoisotopic (exact) mass is 369 g/mol. The van der Waals surface area contributed by atoms with Crippen LogP contribution in [0.3, 0.4) is 0 Å². The van der Waals surface area contributed by atoms with E-state index in [4.69, 9.17) is 0 Å². The van der Waals surface area contributed by atoms with Crippen molar-refractivity contribution in [3.05, 3.63) is 41.1 Å². The van der Waals surface area contributed by atoms with Gasteiger partial charge in [0, 0.05) is 43.7 Å². The molecule has 1 aromatic carbocycles. The summed E-state index contributed by atoms with van der Waals surface area (Å²) in [7, 11) is -3.12. The lowest BCUT2D eigenvalue weighted by Crippen LogP contribution is -2.48. The summed E-state index contributed by atoms with van der Waals surface area (Å²) in [6.07, 6.45) is 4.99. The predicted molar refractivity (Wildman–Crippen MR) is 85.2 cm³/mol. The molecule has 1 aliphatic heterocycles. The summed E-state index contributed by atoms with van der Waals surface area (Å²) in [6.45, 7) is 2.84. The third-order valence-electron chi connectivity index (χ3n) is 3.63. The Hall–Kier alpha value is -1.34. The van der Waals surface area contributed by atoms with Crippen molar-refractivity contribution in [3.8, 4) is 0 Å². The van der Waals surface area contributed by atoms with Crippen LogP contribution < -0.4 is 4.90 Å². The molecule has 3 rings (SSSR count). The Morgan fingerprint density at radius 1 is 1.29 bits per heavy atom. The Labute approximate surface area is 132 Å². The Bertz CT molecular complexity index is 734. The van der Waals surface area contributed by atoms with Crippen molar-refractivity contribution in [2.75, 3.05) is 24.2 Å². The van der Waals surface area contributed by atoms with Crippen molar-refractivity contribution in [1.82, 2.24) is 9.78 Å². The van der Waals surface area contributed by atoms with Crippen molar-refractivity contribution < 1.29 is 8.42 Å². The molecule has 0 bridgehead atoms. The summed E-state index contributed by atoms with van der Waals surface area (Å²) in [5, 5.41) is 4.26. The summed E-state index contributed by atoms with van der Waals surface area (Å²) < 4.78 is 25.8. The van der Waals surface area contributed by atoms with Gasteiger partial charge in [0.2, 0.25) is 0 Å². The van der Waals surface area contributed by atoms with Gasteiger partial charge in [0.15, 0.2) is 9.84 Å². The molecule has 0 amide bonds. The van der Waals surface area contributed by atoms with Crippen LogP contribution in [-0.2, 0) is 16.4 Å². The van der Waals surface area contributed by atoms with E-state index in [2.05, 4.69) is 25.9 Å². The number of hydrogen-bond acceptors (Lipinski definition) is 4. The van der Waals surface area contributed by atoms with E-state index in [1.54, 1.807) is 18.3 Å². The molecule has 0 aliphatic carbocycles. The zero-order valence-electron chi connectivity index (χ0n) is 11.6. The molecule has 1 aromatic heterocycles. The second-order valence-electron chi connectivity index (χ2n) is 5.42. The predicted octanol–water partition coefficient (Wildman–Crippen LogP) is 2.19. The molecule has 1 aliphatic rings. The van der Waals surface area contributed by atoms with Crippen LogP contribution in [0.5, 0.6) is 0 Å². The fraction of sp³-hybridized carbons (Fsp3) is 0.357. The maximum atomic E-state index is 11.4. The molecule has 5 nitrogen and oxygen atoms in total. The van der Waals surface area contributed by atoms with Crippen molar-refractivity contribution in [2.45, 2.75) is 11.4 Å². The minimum Gasteiger partial charge on any atom is -0.371 e. The molecule has 0 radical (unpaired) electrons. The highest BCUT2D eigenvalue weighted by Crippen LogP contribution is 2.26. The van der Waals surface area contributed by atoms with Crippen molar-refractivity contribution in [3.63, 3.8) is 0 Å². The molecule has 0 N–H and O–H groups in total. The highest BCUT2D eigenvalue weighted by molar-refractivity contribution is 9.10. The molecule has 7 heteroatoms. The fourth-order valence-corrected chi connectivity index (χ4v) is 3.46. The Balaban J connectivity index is 1.58. The normalized spacial score (nSPS) is 16.0. The number of hydrogen-bond donors (Lipinski definition) is 0. The van der Waals surface area contributed by atoms with Gasteiger partial charge in [0.05, 0.1) is 15.6 Å². The van der Waals surface area contributed by atoms with E-state index in [1.807, 2.05) is 23.0 Å². The molecule has 0 atom stereocenters. The van der Waals surface area contributed by atoms with E-state index in [1.165, 1.54) is 6.26 Å². The smallest absolute Gasteiger partial charge is 0.175 e. The van der Waals surface area contributed by atoms with Gasteiger partial charge in [-0.3, -0.25) is 4.68 Å². The number of benzene rings is 1. The maximum absolute atomic E-state index is 11.4. The van der Waals surface area contributed by atoms with Crippen LogP contribution in [0, 0.1) is 5.92 Å². The fourth-order valence-electron chi connectivity index (χ4n) is 2.50. The standard InChI is InChI=1S/C14H16BrN3O2S/c1-21(19,20)14-4-2-13(3-5-14)17-7-11(8-17)9-18-10-12(15)6-16-18/h2-6,10-11H,7-9H2,1H3. The first-order valence-electron chi connectivity index (χ1n) is 6.65. The van der Waals surface area contributed by atoms with Crippen LogP contribution in [0.2, 0.25) is 0 Å². The molecular weight excluding hydrogens is 354 g/mol. The number of halogens is 1. The molecule has 1 saturated heterocycles. The van der Waals surface area contributed by atoms with E-state index in [0.717, 1.165) is 29.8 Å². The molecule has 0 spiro atoms. The third kappa shape index (κ3) is 3.29. The van der Waals surface area contributed by atoms with E-state index < -0.39 is 9.84 Å². The molecule has 2 aromatic rings. The lowest BCUT2D eigenvalue weighted by atomic mass is 9.99. The van der Waals surface area contributed by atoms with Crippen LogP contribution in [-0.4, -0.2) is 37.5 Å². The Kier molecular flexibility index (Phi) is 3.79. The van der Waals surface area contributed by atoms with Crippen molar-refractivity contribution >= 4 is 31.5 Å². The van der Waals surface area contributed by atoms with Crippen LogP contribution in [0.1, 0.15) is 0 Å². The van der Waals surface area contributed by atoms with Gasteiger partial charge in [0.1, 0.15) is 0 Å². The molecular formula is C14H16BrN3O2S. The summed E-state index contributed by atoms with van der Waals surface area (Å²) in [4.78, 5) is 2.61. The second-order valence-corrected chi connectivity index (χ2v) is 8.35. The van der Waals surface area contributed by atoms with Gasteiger partial charge < -0.3 is 4.90 Å². The SMILES string of the molecule is CS(=O)(=O)c1ccc(N2CC(Cn3cc(Br)cn3)C2)cc1. The number of anilines is 1. The first-order chi connectivity index (χ1) is 9.91. The van der Waals surface area contributed by atoms with Crippen LogP contribution in [0.15, 0.2) is 46.0 Å². The Morgan fingerprint density at radius 2 is 1.95 bits per heavy atom. The summed E-state index contributed by atoms with van der Waals surface area (Å²) in [5.74, 6) is 0.575. The lowest BCUT2D eigenvalue weighted by molar-refractivity contribution is 0.342. The van der Waals surface area contributed by atoms with Crippen molar-refractivity contribution in [2.24, 2.45) is 5.92 Å². The Morgan fingerprint density at radius 3 is 2.48 bits per heavy atom. The number of sulfone groups is 1. The van der Waals surface area contributed by atoms with Gasteiger partial charge in [0.25, 0.3) is 0 Å². The average molecular weight is 370 g/mol. The first-order valence-corrected chi connectivity index (χ1v) is 9.33. The molecule has 112 valence electrons. The number of aromatic nitrogens is 2. The number of rotatable bonds is 4. The lowest BCUT2D eigenvalue weighted by Gasteiger charge is -2.41. The van der Waals surface area contributed by atoms with E-state index in [9.17, 15) is 8.42 Å². The van der Waals surface area contributed by atoms with Crippen molar-refractivity contribution in [1.29, 1.82) is 0 Å². The van der Waals surface area contributed by atoms with Crippen LogP contribution >= 0.6 is 15.9 Å². The third-order valence-corrected chi connectivity index (χ3v) is 5.17. The molecule has 21 heavy (non-hydrogen) atoms. The van der Waals surface area contributed by atoms with Crippen LogP contribution in [0.4, 0.5) is 5.69 Å². The first kappa shape index (κ1) is 14.6. The second kappa shape index (κ2) is 5.46. The average Bonchev–Trinajstić information content (AvgIpc) is 2.78. The van der Waals surface area contributed by atoms with Gasteiger partial charge in [-0.1, -0.05) is 0 Å². The molecule has 0 saturated carbocycles. The summed E-state index contributed by atoms with van der Waals surface area (Å²) in [6, 6.07) is 7.08. The van der Waals surface area contributed by atoms with Gasteiger partial charge in [-0.05, 0) is 40.2 Å². The highest BCUT2D eigenvalue weighted by Gasteiger charge is 2.27. The quantitative estimate of drug-likeness (QED) is 0.828. The van der Waals surface area contributed by atoms with E-state index in [-0.39, 0.29) is 0 Å². The van der Waals surface area contributed by atoms with Gasteiger partial charge >= 0.3 is 0 Å².